The van der Waals surface area contributed by atoms with Crippen LogP contribution in [-0.2, 0) is 27.7 Å². The number of benzene rings is 1. The van der Waals surface area contributed by atoms with E-state index in [2.05, 4.69) is 5.32 Å². The van der Waals surface area contributed by atoms with E-state index in [0.29, 0.717) is 24.1 Å². The van der Waals surface area contributed by atoms with Gasteiger partial charge in [-0.05, 0) is 56.0 Å². The SMILES string of the molecule is Cn1cc(-c2ccc(CC(C#N)NC(=O)[C@@H]3CN(C(=O)OC(C)(C)C)CCCO3)c(F)c2)ccc1=O. The molecule has 2 aromatic rings. The van der Waals surface area contributed by atoms with Crippen LogP contribution in [0.2, 0.25) is 0 Å². The Bertz CT molecular complexity index is 1210. The third-order valence-electron chi connectivity index (χ3n) is 5.59. The van der Waals surface area contributed by atoms with Crippen molar-refractivity contribution in [3.63, 3.8) is 0 Å². The maximum Gasteiger partial charge on any atom is 0.410 e. The molecule has 0 bridgehead atoms. The minimum Gasteiger partial charge on any atom is -0.444 e. The predicted octanol–water partition coefficient (Wildman–Crippen LogP) is 2.77. The van der Waals surface area contributed by atoms with Gasteiger partial charge in [0.15, 0.2) is 6.10 Å². The molecule has 3 rings (SSSR count). The number of ether oxygens (including phenoxy) is 2. The van der Waals surface area contributed by atoms with Gasteiger partial charge in [0.2, 0.25) is 5.56 Å². The fourth-order valence-corrected chi connectivity index (χ4v) is 3.75. The minimum atomic E-state index is -1.00. The first-order chi connectivity index (χ1) is 17.0. The van der Waals surface area contributed by atoms with E-state index in [-0.39, 0.29) is 30.7 Å². The number of carbonyl (C=O) groups excluding carboxylic acids is 2. The average molecular weight is 499 g/mol. The molecule has 192 valence electrons. The highest BCUT2D eigenvalue weighted by Crippen LogP contribution is 2.22. The molecule has 1 aliphatic heterocycles. The standard InChI is InChI=1S/C26H31FN4O5/c1-26(2,3)36-25(34)31-10-5-11-35-22(16-31)24(33)29-20(14-28)12-18-7-6-17(13-21(18)27)19-8-9-23(32)30(4)15-19/h6-9,13,15,20,22H,5,10-12,16H2,1-4H3,(H,29,33)/t20?,22-/m0/s1. The molecule has 1 unspecified atom stereocenters. The van der Waals surface area contributed by atoms with Crippen LogP contribution in [0.25, 0.3) is 11.1 Å². The maximum atomic E-state index is 14.9. The summed E-state index contributed by atoms with van der Waals surface area (Å²) in [6.45, 7) is 5.92. The number of nitrogens with zero attached hydrogens (tertiary/aromatic N) is 3. The molecular formula is C26H31FN4O5. The Labute approximate surface area is 209 Å². The second-order valence-corrected chi connectivity index (χ2v) is 9.71. The van der Waals surface area contributed by atoms with Gasteiger partial charge in [-0.3, -0.25) is 9.59 Å². The highest BCUT2D eigenvalue weighted by atomic mass is 19.1. The molecule has 1 saturated heterocycles. The Morgan fingerprint density at radius 1 is 1.28 bits per heavy atom. The monoisotopic (exact) mass is 498 g/mol. The van der Waals surface area contributed by atoms with Gasteiger partial charge in [-0.1, -0.05) is 12.1 Å². The molecule has 1 aliphatic rings. The second kappa shape index (κ2) is 11.4. The smallest absolute Gasteiger partial charge is 0.410 e. The number of aromatic nitrogens is 1. The molecule has 0 saturated carbocycles. The number of amides is 2. The maximum absolute atomic E-state index is 14.9. The van der Waals surface area contributed by atoms with Crippen molar-refractivity contribution in [1.29, 1.82) is 5.26 Å². The molecule has 1 fully saturated rings. The zero-order valence-corrected chi connectivity index (χ0v) is 20.9. The number of hydrogen-bond donors (Lipinski definition) is 1. The molecule has 36 heavy (non-hydrogen) atoms. The van der Waals surface area contributed by atoms with Gasteiger partial charge >= 0.3 is 6.09 Å². The molecule has 0 aliphatic carbocycles. The fourth-order valence-electron chi connectivity index (χ4n) is 3.75. The van der Waals surface area contributed by atoms with Gasteiger partial charge < -0.3 is 24.3 Å². The lowest BCUT2D eigenvalue weighted by Gasteiger charge is -2.27. The fraction of sp³-hybridized carbons (Fsp3) is 0.462. The van der Waals surface area contributed by atoms with Crippen LogP contribution in [0.3, 0.4) is 0 Å². The molecule has 1 aromatic carbocycles. The molecule has 0 spiro atoms. The summed E-state index contributed by atoms with van der Waals surface area (Å²) in [4.78, 5) is 38.3. The van der Waals surface area contributed by atoms with Gasteiger partial charge in [-0.2, -0.15) is 5.26 Å². The van der Waals surface area contributed by atoms with Gasteiger partial charge in [0, 0.05) is 38.9 Å². The summed E-state index contributed by atoms with van der Waals surface area (Å²) in [7, 11) is 1.61. The van der Waals surface area contributed by atoms with Crippen LogP contribution in [-0.4, -0.2) is 58.9 Å². The lowest BCUT2D eigenvalue weighted by Crippen LogP contribution is -2.48. The van der Waals surface area contributed by atoms with Crippen molar-refractivity contribution in [2.75, 3.05) is 19.7 Å². The molecule has 10 heteroatoms. The van der Waals surface area contributed by atoms with Crippen molar-refractivity contribution < 1.29 is 23.5 Å². The van der Waals surface area contributed by atoms with Crippen LogP contribution in [0.1, 0.15) is 32.8 Å². The third-order valence-corrected chi connectivity index (χ3v) is 5.59. The Kier molecular flexibility index (Phi) is 8.48. The van der Waals surface area contributed by atoms with E-state index < -0.39 is 35.6 Å². The normalized spacial score (nSPS) is 17.0. The number of aryl methyl sites for hydroxylation is 1. The number of nitriles is 1. The van der Waals surface area contributed by atoms with E-state index in [1.165, 1.54) is 21.6 Å². The first-order valence-electron chi connectivity index (χ1n) is 11.7. The van der Waals surface area contributed by atoms with Crippen molar-refractivity contribution in [3.05, 3.63) is 58.3 Å². The van der Waals surface area contributed by atoms with E-state index in [4.69, 9.17) is 9.47 Å². The molecule has 2 amide bonds. The van der Waals surface area contributed by atoms with E-state index in [9.17, 15) is 24.0 Å². The van der Waals surface area contributed by atoms with Crippen molar-refractivity contribution in [2.45, 2.75) is 51.4 Å². The van der Waals surface area contributed by atoms with Gasteiger partial charge in [0.25, 0.3) is 5.91 Å². The van der Waals surface area contributed by atoms with Crippen molar-refractivity contribution in [2.24, 2.45) is 7.05 Å². The number of carbonyl (C=O) groups is 2. The van der Waals surface area contributed by atoms with Crippen LogP contribution < -0.4 is 10.9 Å². The molecule has 1 N–H and O–H groups in total. The molecular weight excluding hydrogens is 467 g/mol. The summed E-state index contributed by atoms with van der Waals surface area (Å²) < 4.78 is 27.3. The first-order valence-corrected chi connectivity index (χ1v) is 11.7. The third kappa shape index (κ3) is 7.15. The number of halogens is 1. The van der Waals surface area contributed by atoms with Gasteiger partial charge in [0.1, 0.15) is 17.5 Å². The summed E-state index contributed by atoms with van der Waals surface area (Å²) >= 11 is 0. The first kappa shape index (κ1) is 26.9. The van der Waals surface area contributed by atoms with E-state index in [0.717, 1.165) is 0 Å². The quantitative estimate of drug-likeness (QED) is 0.678. The van der Waals surface area contributed by atoms with Crippen molar-refractivity contribution >= 4 is 12.0 Å². The number of nitrogens with one attached hydrogen (secondary N) is 1. The van der Waals surface area contributed by atoms with Gasteiger partial charge in [-0.25, -0.2) is 9.18 Å². The number of pyridine rings is 1. The van der Waals surface area contributed by atoms with Gasteiger partial charge in [-0.15, -0.1) is 0 Å². The highest BCUT2D eigenvalue weighted by molar-refractivity contribution is 5.82. The van der Waals surface area contributed by atoms with E-state index in [1.807, 2.05) is 6.07 Å². The molecule has 1 aromatic heterocycles. The summed E-state index contributed by atoms with van der Waals surface area (Å²) in [5, 5.41) is 12.2. The molecule has 2 atom stereocenters. The molecule has 2 heterocycles. The van der Waals surface area contributed by atoms with Crippen molar-refractivity contribution in [1.82, 2.24) is 14.8 Å². The van der Waals surface area contributed by atoms with Crippen LogP contribution in [0, 0.1) is 17.1 Å². The number of rotatable bonds is 5. The van der Waals surface area contributed by atoms with Crippen molar-refractivity contribution in [3.8, 4) is 17.2 Å². The topological polar surface area (TPSA) is 114 Å². The average Bonchev–Trinajstić information content (AvgIpc) is 3.07. The molecule has 0 radical (unpaired) electrons. The van der Waals surface area contributed by atoms with Crippen LogP contribution in [0.4, 0.5) is 9.18 Å². The second-order valence-electron chi connectivity index (χ2n) is 9.71. The minimum absolute atomic E-state index is 0.0124. The summed E-state index contributed by atoms with van der Waals surface area (Å²) in [5.41, 5.74) is 0.666. The largest absolute Gasteiger partial charge is 0.444 e. The Hall–Kier alpha value is -3.71. The van der Waals surface area contributed by atoms with Crippen LogP contribution >= 0.6 is 0 Å². The number of hydrogen-bond acceptors (Lipinski definition) is 6. The zero-order chi connectivity index (χ0) is 26.5. The summed E-state index contributed by atoms with van der Waals surface area (Å²) in [6.07, 6.45) is 0.584. The Balaban J connectivity index is 1.66. The lowest BCUT2D eigenvalue weighted by molar-refractivity contribution is -0.133. The summed E-state index contributed by atoms with van der Waals surface area (Å²) in [6, 6.07) is 8.59. The van der Waals surface area contributed by atoms with Gasteiger partial charge in [0.05, 0.1) is 12.6 Å². The molecule has 9 nitrogen and oxygen atoms in total. The summed E-state index contributed by atoms with van der Waals surface area (Å²) in [5.74, 6) is -1.09. The zero-order valence-electron chi connectivity index (χ0n) is 20.9. The van der Waals surface area contributed by atoms with Crippen LogP contribution in [0.5, 0.6) is 0 Å². The van der Waals surface area contributed by atoms with Crippen LogP contribution in [0.15, 0.2) is 41.3 Å². The Morgan fingerprint density at radius 2 is 2.00 bits per heavy atom. The Morgan fingerprint density at radius 3 is 2.64 bits per heavy atom. The van der Waals surface area contributed by atoms with E-state index >= 15 is 0 Å². The predicted molar refractivity (Wildman–Crippen MR) is 130 cm³/mol. The van der Waals surface area contributed by atoms with E-state index in [1.54, 1.807) is 52.2 Å². The highest BCUT2D eigenvalue weighted by Gasteiger charge is 2.31. The lowest BCUT2D eigenvalue weighted by atomic mass is 10.0.